The molecule has 0 unspecified atom stereocenters. The first-order chi connectivity index (χ1) is 10.5. The van der Waals surface area contributed by atoms with E-state index in [9.17, 15) is 4.79 Å². The highest BCUT2D eigenvalue weighted by atomic mass is 16.4. The summed E-state index contributed by atoms with van der Waals surface area (Å²) in [6, 6.07) is 3.65. The lowest BCUT2D eigenvalue weighted by Crippen LogP contribution is -2.06. The largest absolute Gasteiger partial charge is 0.481 e. The van der Waals surface area contributed by atoms with Crippen LogP contribution in [0.5, 0.6) is 0 Å². The topological polar surface area (TPSA) is 98.2 Å². The third kappa shape index (κ3) is 2.32. The van der Waals surface area contributed by atoms with Gasteiger partial charge in [0.2, 0.25) is 0 Å². The standard InChI is InChI=1S/C14H16N6O2/c1-8-11(4-7-14(21)22)9(2)19(17-8)13-6-5-12-16-15-10(3)20(12)18-13/h5-6H,4,7H2,1-3H3,(H,21,22). The van der Waals surface area contributed by atoms with Crippen molar-refractivity contribution < 1.29 is 9.90 Å². The maximum Gasteiger partial charge on any atom is 0.303 e. The summed E-state index contributed by atoms with van der Waals surface area (Å²) in [7, 11) is 0. The quantitative estimate of drug-likeness (QED) is 0.778. The summed E-state index contributed by atoms with van der Waals surface area (Å²) in [4.78, 5) is 10.8. The lowest BCUT2D eigenvalue weighted by atomic mass is 10.1. The predicted molar refractivity (Wildman–Crippen MR) is 78.1 cm³/mol. The van der Waals surface area contributed by atoms with Crippen LogP contribution >= 0.6 is 0 Å². The van der Waals surface area contributed by atoms with E-state index >= 15 is 0 Å². The molecule has 8 nitrogen and oxygen atoms in total. The summed E-state index contributed by atoms with van der Waals surface area (Å²) in [5.74, 6) is 0.535. The van der Waals surface area contributed by atoms with Crippen LogP contribution in [0.1, 0.15) is 29.2 Å². The molecule has 0 amide bonds. The third-order valence-electron chi connectivity index (χ3n) is 3.65. The maximum atomic E-state index is 10.8. The lowest BCUT2D eigenvalue weighted by molar-refractivity contribution is -0.136. The number of nitrogens with zero attached hydrogens (tertiary/aromatic N) is 6. The van der Waals surface area contributed by atoms with E-state index in [4.69, 9.17) is 5.11 Å². The summed E-state index contributed by atoms with van der Waals surface area (Å²) < 4.78 is 3.38. The van der Waals surface area contributed by atoms with Crippen LogP contribution in [0.3, 0.4) is 0 Å². The zero-order chi connectivity index (χ0) is 15.9. The molecule has 0 atom stereocenters. The molecule has 1 N–H and O–H groups in total. The molecule has 3 heterocycles. The van der Waals surface area contributed by atoms with Crippen LogP contribution in [-0.4, -0.2) is 40.7 Å². The lowest BCUT2D eigenvalue weighted by Gasteiger charge is -2.05. The van der Waals surface area contributed by atoms with Crippen molar-refractivity contribution in [3.05, 3.63) is 34.9 Å². The Morgan fingerprint density at radius 3 is 2.68 bits per heavy atom. The summed E-state index contributed by atoms with van der Waals surface area (Å²) in [6.07, 6.45) is 0.547. The SMILES string of the molecule is Cc1nn(-c2ccc3nnc(C)n3n2)c(C)c1CCC(=O)O. The highest BCUT2D eigenvalue weighted by Gasteiger charge is 2.15. The predicted octanol–water partition coefficient (Wildman–Crippen LogP) is 1.25. The Kier molecular flexibility index (Phi) is 3.36. The van der Waals surface area contributed by atoms with Gasteiger partial charge in [0.15, 0.2) is 17.3 Å². The maximum absolute atomic E-state index is 10.8. The zero-order valence-electron chi connectivity index (χ0n) is 12.6. The van der Waals surface area contributed by atoms with E-state index < -0.39 is 5.97 Å². The van der Waals surface area contributed by atoms with Crippen molar-refractivity contribution in [1.82, 2.24) is 29.6 Å². The summed E-state index contributed by atoms with van der Waals surface area (Å²) in [5, 5.41) is 25.8. The molecule has 8 heteroatoms. The molecule has 0 aliphatic carbocycles. The van der Waals surface area contributed by atoms with E-state index in [1.54, 1.807) is 9.20 Å². The van der Waals surface area contributed by atoms with Crippen LogP contribution in [0.4, 0.5) is 0 Å². The average molecular weight is 300 g/mol. The van der Waals surface area contributed by atoms with Crippen LogP contribution in [0.15, 0.2) is 12.1 Å². The van der Waals surface area contributed by atoms with Gasteiger partial charge in [-0.25, -0.2) is 4.68 Å². The Labute approximate surface area is 126 Å². The molecule has 0 fully saturated rings. The van der Waals surface area contributed by atoms with E-state index in [-0.39, 0.29) is 6.42 Å². The van der Waals surface area contributed by atoms with Crippen LogP contribution in [0.25, 0.3) is 11.5 Å². The Balaban J connectivity index is 2.04. The molecule has 3 rings (SSSR count). The van der Waals surface area contributed by atoms with Gasteiger partial charge in [-0.2, -0.15) is 9.61 Å². The molecule has 0 radical (unpaired) electrons. The summed E-state index contributed by atoms with van der Waals surface area (Å²) in [5.41, 5.74) is 3.34. The van der Waals surface area contributed by atoms with Gasteiger partial charge in [0.05, 0.1) is 5.69 Å². The molecule has 0 spiro atoms. The van der Waals surface area contributed by atoms with E-state index in [0.717, 1.165) is 17.0 Å². The van der Waals surface area contributed by atoms with Gasteiger partial charge < -0.3 is 5.11 Å². The van der Waals surface area contributed by atoms with Crippen LogP contribution in [-0.2, 0) is 11.2 Å². The van der Waals surface area contributed by atoms with E-state index in [2.05, 4.69) is 20.4 Å². The minimum absolute atomic E-state index is 0.0877. The van der Waals surface area contributed by atoms with Gasteiger partial charge in [0.1, 0.15) is 0 Å². The zero-order valence-corrected chi connectivity index (χ0v) is 12.6. The molecule has 0 saturated carbocycles. The highest BCUT2D eigenvalue weighted by molar-refractivity contribution is 5.67. The summed E-state index contributed by atoms with van der Waals surface area (Å²) in [6.45, 7) is 5.63. The van der Waals surface area contributed by atoms with Gasteiger partial charge in [0.25, 0.3) is 0 Å². The van der Waals surface area contributed by atoms with Gasteiger partial charge in [-0.15, -0.1) is 15.3 Å². The van der Waals surface area contributed by atoms with Gasteiger partial charge in [-0.3, -0.25) is 4.79 Å². The van der Waals surface area contributed by atoms with Crippen molar-refractivity contribution in [2.24, 2.45) is 0 Å². The van der Waals surface area contributed by atoms with E-state index in [1.807, 2.05) is 32.9 Å². The van der Waals surface area contributed by atoms with Gasteiger partial charge >= 0.3 is 5.97 Å². The molecular formula is C14H16N6O2. The molecule has 0 bridgehead atoms. The molecule has 114 valence electrons. The fourth-order valence-corrected chi connectivity index (χ4v) is 2.49. The number of aryl methyl sites for hydroxylation is 2. The fourth-order valence-electron chi connectivity index (χ4n) is 2.49. The van der Waals surface area contributed by atoms with E-state index in [1.165, 1.54) is 0 Å². The number of carboxylic acid groups (broad SMARTS) is 1. The van der Waals surface area contributed by atoms with Crippen LogP contribution in [0.2, 0.25) is 0 Å². The van der Waals surface area contributed by atoms with Crippen molar-refractivity contribution >= 4 is 11.6 Å². The minimum Gasteiger partial charge on any atom is -0.481 e. The minimum atomic E-state index is -0.814. The fraction of sp³-hybridized carbons (Fsp3) is 0.357. The van der Waals surface area contributed by atoms with Crippen LogP contribution < -0.4 is 0 Å². The first-order valence-electron chi connectivity index (χ1n) is 6.93. The van der Waals surface area contributed by atoms with Crippen molar-refractivity contribution in [2.45, 2.75) is 33.6 Å². The smallest absolute Gasteiger partial charge is 0.303 e. The number of aromatic nitrogens is 6. The Morgan fingerprint density at radius 1 is 1.18 bits per heavy atom. The van der Waals surface area contributed by atoms with Crippen LogP contribution in [0, 0.1) is 20.8 Å². The van der Waals surface area contributed by atoms with Crippen molar-refractivity contribution in [1.29, 1.82) is 0 Å². The van der Waals surface area contributed by atoms with Gasteiger partial charge in [0, 0.05) is 12.1 Å². The first-order valence-corrected chi connectivity index (χ1v) is 6.93. The second-order valence-electron chi connectivity index (χ2n) is 5.16. The number of fused-ring (bicyclic) bond motifs is 1. The Morgan fingerprint density at radius 2 is 1.95 bits per heavy atom. The van der Waals surface area contributed by atoms with Gasteiger partial charge in [-0.05, 0) is 44.9 Å². The first kappa shape index (κ1) is 14.2. The number of aliphatic carboxylic acids is 1. The molecule has 22 heavy (non-hydrogen) atoms. The molecule has 0 saturated heterocycles. The Hall–Kier alpha value is -2.77. The van der Waals surface area contributed by atoms with E-state index in [0.29, 0.717) is 23.7 Å². The number of carboxylic acids is 1. The van der Waals surface area contributed by atoms with Gasteiger partial charge in [-0.1, -0.05) is 0 Å². The second-order valence-corrected chi connectivity index (χ2v) is 5.16. The number of hydrogen-bond acceptors (Lipinski definition) is 5. The highest BCUT2D eigenvalue weighted by Crippen LogP contribution is 2.18. The van der Waals surface area contributed by atoms with Crippen molar-refractivity contribution in [3.8, 4) is 5.82 Å². The molecule has 0 aliphatic heterocycles. The molecule has 0 aromatic carbocycles. The summed E-state index contributed by atoms with van der Waals surface area (Å²) >= 11 is 0. The monoisotopic (exact) mass is 300 g/mol. The Bertz CT molecular complexity index is 864. The van der Waals surface area contributed by atoms with Crippen molar-refractivity contribution in [2.75, 3.05) is 0 Å². The molecule has 0 aliphatic rings. The average Bonchev–Trinajstić information content (AvgIpc) is 2.98. The molecule has 3 aromatic heterocycles. The second kappa shape index (κ2) is 5.21. The number of rotatable bonds is 4. The molecular weight excluding hydrogens is 284 g/mol. The number of carbonyl (C=O) groups is 1. The normalized spacial score (nSPS) is 11.2. The molecule has 3 aromatic rings. The van der Waals surface area contributed by atoms with Crippen molar-refractivity contribution in [3.63, 3.8) is 0 Å². The third-order valence-corrected chi connectivity index (χ3v) is 3.65. The number of hydrogen-bond donors (Lipinski definition) is 1.